The number of rotatable bonds is 3. The first kappa shape index (κ1) is 22.3. The summed E-state index contributed by atoms with van der Waals surface area (Å²) in [7, 11) is 0. The second-order valence-electron chi connectivity index (χ2n) is 7.19. The second-order valence-corrected chi connectivity index (χ2v) is 7.19. The summed E-state index contributed by atoms with van der Waals surface area (Å²) in [5, 5.41) is 0. The van der Waals surface area contributed by atoms with Gasteiger partial charge in [-0.25, -0.2) is 0 Å². The van der Waals surface area contributed by atoms with Crippen molar-refractivity contribution in [2.45, 2.75) is 43.7 Å². The molecule has 2 N–H and O–H groups in total. The zero-order chi connectivity index (χ0) is 18.6. The van der Waals surface area contributed by atoms with E-state index in [4.69, 9.17) is 10.5 Å². The molecule has 0 atom stereocenters. The molecule has 0 aliphatic carbocycles. The first-order chi connectivity index (χ1) is 12.4. The monoisotopic (exact) mass is 497 g/mol. The van der Waals surface area contributed by atoms with Crippen molar-refractivity contribution in [3.63, 3.8) is 0 Å². The molecule has 8 heteroatoms. The van der Waals surface area contributed by atoms with Crippen LogP contribution in [0.3, 0.4) is 0 Å². The van der Waals surface area contributed by atoms with Gasteiger partial charge in [0, 0.05) is 31.7 Å². The number of likely N-dealkylation sites (tertiary alicyclic amines) is 1. The van der Waals surface area contributed by atoms with Crippen molar-refractivity contribution >= 4 is 29.9 Å². The number of ether oxygens (including phenoxy) is 1. The van der Waals surface area contributed by atoms with Gasteiger partial charge in [-0.05, 0) is 43.7 Å². The van der Waals surface area contributed by atoms with Crippen molar-refractivity contribution in [3.05, 3.63) is 35.4 Å². The Morgan fingerprint density at radius 3 is 2.44 bits per heavy atom. The summed E-state index contributed by atoms with van der Waals surface area (Å²) in [4.78, 5) is 6.67. The molecule has 2 aliphatic rings. The smallest absolute Gasteiger partial charge is 0.381 e. The van der Waals surface area contributed by atoms with E-state index in [2.05, 4.69) is 9.89 Å². The Balaban J connectivity index is 0.00000261. The third-order valence-corrected chi connectivity index (χ3v) is 5.48. The molecule has 0 aromatic heterocycles. The molecule has 27 heavy (non-hydrogen) atoms. The Morgan fingerprint density at radius 2 is 1.81 bits per heavy atom. The Morgan fingerprint density at radius 1 is 1.15 bits per heavy atom. The minimum atomic E-state index is -4.35. The second kappa shape index (κ2) is 9.45. The maximum absolute atomic E-state index is 13.1. The molecule has 0 radical (unpaired) electrons. The largest absolute Gasteiger partial charge is 0.416 e. The predicted molar refractivity (Wildman–Crippen MR) is 111 cm³/mol. The van der Waals surface area contributed by atoms with Crippen LogP contribution in [0.4, 0.5) is 13.2 Å². The van der Waals surface area contributed by atoms with Gasteiger partial charge < -0.3 is 15.4 Å². The Bertz CT molecular complexity index is 639. The molecule has 0 saturated carbocycles. The third-order valence-electron chi connectivity index (χ3n) is 5.48. The SMILES string of the molecule is I.NC(=NCC1(c2cccc(C(F)(F)F)c2)CCOCC1)N1CCCCC1. The molecule has 2 heterocycles. The summed E-state index contributed by atoms with van der Waals surface area (Å²) in [6.45, 7) is 3.23. The molecule has 0 unspecified atom stereocenters. The fourth-order valence-electron chi connectivity index (χ4n) is 3.78. The molecule has 1 aromatic carbocycles. The molecule has 3 rings (SSSR count). The van der Waals surface area contributed by atoms with Crippen LogP contribution in [0.5, 0.6) is 0 Å². The molecule has 152 valence electrons. The lowest BCUT2D eigenvalue weighted by Gasteiger charge is -2.37. The van der Waals surface area contributed by atoms with E-state index in [1.807, 2.05) is 0 Å². The number of nitrogens with two attached hydrogens (primary N) is 1. The third kappa shape index (κ3) is 5.49. The summed E-state index contributed by atoms with van der Waals surface area (Å²) < 4.78 is 44.9. The number of halogens is 4. The average molecular weight is 497 g/mol. The van der Waals surface area contributed by atoms with Crippen LogP contribution in [-0.4, -0.2) is 43.7 Å². The van der Waals surface area contributed by atoms with Crippen LogP contribution in [0.2, 0.25) is 0 Å². The van der Waals surface area contributed by atoms with Gasteiger partial charge in [-0.2, -0.15) is 13.2 Å². The van der Waals surface area contributed by atoms with Crippen molar-refractivity contribution in [2.24, 2.45) is 10.7 Å². The van der Waals surface area contributed by atoms with E-state index >= 15 is 0 Å². The molecule has 4 nitrogen and oxygen atoms in total. The standard InChI is InChI=1S/C19H26F3N3O.HI/c20-19(21,22)16-6-4-5-15(13-16)18(7-11-26-12-8-18)14-24-17(23)25-9-2-1-3-10-25;/h4-6,13H,1-3,7-12,14H2,(H2,23,24);1H. The fourth-order valence-corrected chi connectivity index (χ4v) is 3.78. The zero-order valence-corrected chi connectivity index (χ0v) is 17.6. The Hall–Kier alpha value is -1.03. The van der Waals surface area contributed by atoms with E-state index in [0.717, 1.165) is 32.0 Å². The molecule has 2 fully saturated rings. The van der Waals surface area contributed by atoms with Crippen LogP contribution in [0, 0.1) is 0 Å². The lowest BCUT2D eigenvalue weighted by atomic mass is 9.74. The first-order valence-corrected chi connectivity index (χ1v) is 9.21. The molecular weight excluding hydrogens is 470 g/mol. The van der Waals surface area contributed by atoms with E-state index in [9.17, 15) is 13.2 Å². The lowest BCUT2D eigenvalue weighted by Crippen LogP contribution is -2.43. The number of guanidine groups is 1. The van der Waals surface area contributed by atoms with Crippen molar-refractivity contribution in [2.75, 3.05) is 32.8 Å². The quantitative estimate of drug-likeness (QED) is 0.388. The summed E-state index contributed by atoms with van der Waals surface area (Å²) in [6.07, 6.45) is 0.343. The van der Waals surface area contributed by atoms with E-state index in [0.29, 0.717) is 44.1 Å². The summed E-state index contributed by atoms with van der Waals surface area (Å²) in [5.41, 5.74) is 5.76. The predicted octanol–water partition coefficient (Wildman–Crippen LogP) is 4.17. The summed E-state index contributed by atoms with van der Waals surface area (Å²) >= 11 is 0. The van der Waals surface area contributed by atoms with Gasteiger partial charge in [-0.15, -0.1) is 24.0 Å². The maximum Gasteiger partial charge on any atom is 0.416 e. The van der Waals surface area contributed by atoms with Crippen molar-refractivity contribution in [1.82, 2.24) is 4.90 Å². The Labute approximate surface area is 175 Å². The molecule has 0 amide bonds. The Kier molecular flexibility index (Phi) is 7.79. The number of nitrogens with zero attached hydrogens (tertiary/aromatic N) is 2. The van der Waals surface area contributed by atoms with Gasteiger partial charge in [0.05, 0.1) is 12.1 Å². The lowest BCUT2D eigenvalue weighted by molar-refractivity contribution is -0.137. The molecule has 1 aromatic rings. The minimum absolute atomic E-state index is 0. The fraction of sp³-hybridized carbons (Fsp3) is 0.632. The normalized spacial score (nSPS) is 20.9. The van der Waals surface area contributed by atoms with E-state index < -0.39 is 17.2 Å². The first-order valence-electron chi connectivity index (χ1n) is 9.21. The highest BCUT2D eigenvalue weighted by Gasteiger charge is 2.37. The van der Waals surface area contributed by atoms with Gasteiger partial charge >= 0.3 is 6.18 Å². The number of alkyl halides is 3. The van der Waals surface area contributed by atoms with Gasteiger partial charge in [-0.1, -0.05) is 18.2 Å². The van der Waals surface area contributed by atoms with Gasteiger partial charge in [-0.3, -0.25) is 4.99 Å². The van der Waals surface area contributed by atoms with Crippen LogP contribution >= 0.6 is 24.0 Å². The van der Waals surface area contributed by atoms with Crippen molar-refractivity contribution in [1.29, 1.82) is 0 Å². The molecule has 0 bridgehead atoms. The van der Waals surface area contributed by atoms with E-state index in [1.54, 1.807) is 6.07 Å². The van der Waals surface area contributed by atoms with Crippen LogP contribution in [0.25, 0.3) is 0 Å². The van der Waals surface area contributed by atoms with Gasteiger partial charge in [0.25, 0.3) is 0 Å². The van der Waals surface area contributed by atoms with Crippen molar-refractivity contribution < 1.29 is 17.9 Å². The molecule has 2 saturated heterocycles. The van der Waals surface area contributed by atoms with Crippen LogP contribution in [0.1, 0.15) is 43.2 Å². The molecule has 0 spiro atoms. The average Bonchev–Trinajstić information content (AvgIpc) is 2.67. The van der Waals surface area contributed by atoms with Crippen LogP contribution < -0.4 is 5.73 Å². The van der Waals surface area contributed by atoms with Crippen LogP contribution in [-0.2, 0) is 16.3 Å². The summed E-state index contributed by atoms with van der Waals surface area (Å²) in [6, 6.07) is 5.63. The van der Waals surface area contributed by atoms with Crippen LogP contribution in [0.15, 0.2) is 29.3 Å². The number of benzene rings is 1. The molecular formula is C19H27F3IN3O. The van der Waals surface area contributed by atoms with Crippen molar-refractivity contribution in [3.8, 4) is 0 Å². The number of piperidine rings is 1. The van der Waals surface area contributed by atoms with Gasteiger partial charge in [0.2, 0.25) is 0 Å². The minimum Gasteiger partial charge on any atom is -0.381 e. The van der Waals surface area contributed by atoms with Gasteiger partial charge in [0.15, 0.2) is 5.96 Å². The van der Waals surface area contributed by atoms with E-state index in [-0.39, 0.29) is 24.0 Å². The number of hydrogen-bond acceptors (Lipinski definition) is 2. The number of aliphatic imine (C=N–C) groups is 1. The number of hydrogen-bond donors (Lipinski definition) is 1. The summed E-state index contributed by atoms with van der Waals surface area (Å²) in [5.74, 6) is 0.502. The van der Waals surface area contributed by atoms with E-state index in [1.165, 1.54) is 18.6 Å². The highest BCUT2D eigenvalue weighted by atomic mass is 127. The maximum atomic E-state index is 13.1. The van der Waals surface area contributed by atoms with Gasteiger partial charge in [0.1, 0.15) is 0 Å². The molecule has 2 aliphatic heterocycles. The highest BCUT2D eigenvalue weighted by Crippen LogP contribution is 2.38. The highest BCUT2D eigenvalue weighted by molar-refractivity contribution is 14.0. The topological polar surface area (TPSA) is 50.9 Å². The zero-order valence-electron chi connectivity index (χ0n) is 15.3.